The molecule has 0 N–H and O–H groups in total. The van der Waals surface area contributed by atoms with Gasteiger partial charge in [-0.1, -0.05) is 0 Å². The van der Waals surface area contributed by atoms with Crippen molar-refractivity contribution in [1.82, 2.24) is 4.98 Å². The lowest BCUT2D eigenvalue weighted by Gasteiger charge is -2.09. The lowest BCUT2D eigenvalue weighted by molar-refractivity contribution is 0.112. The number of aldehydes is 1. The maximum atomic E-state index is 10.7. The van der Waals surface area contributed by atoms with Gasteiger partial charge in [-0.05, 0) is 29.8 Å². The van der Waals surface area contributed by atoms with Crippen LogP contribution in [-0.4, -0.2) is 18.4 Å². The second-order valence-electron chi connectivity index (χ2n) is 3.67. The van der Waals surface area contributed by atoms with Crippen LogP contribution in [0, 0.1) is 0 Å². The lowest BCUT2D eigenvalue weighted by Crippen LogP contribution is -1.97. The van der Waals surface area contributed by atoms with E-state index in [0.29, 0.717) is 23.7 Å². The molecule has 92 valence electrons. The van der Waals surface area contributed by atoms with Gasteiger partial charge in [0.25, 0.3) is 0 Å². The fraction of sp³-hybridized carbons (Fsp3) is 0.143. The highest BCUT2D eigenvalue weighted by atomic mass is 16.5. The SMILES string of the molecule is COc1cc(OCc2ccncc2)ccc1C=O. The van der Waals surface area contributed by atoms with Crippen molar-refractivity contribution in [3.63, 3.8) is 0 Å². The highest BCUT2D eigenvalue weighted by Gasteiger charge is 2.04. The summed E-state index contributed by atoms with van der Waals surface area (Å²) in [6.45, 7) is 0.451. The fourth-order valence-electron chi connectivity index (χ4n) is 1.52. The first-order valence-corrected chi connectivity index (χ1v) is 5.48. The summed E-state index contributed by atoms with van der Waals surface area (Å²) in [6, 6.07) is 8.89. The van der Waals surface area contributed by atoms with Gasteiger partial charge in [-0.2, -0.15) is 0 Å². The van der Waals surface area contributed by atoms with Gasteiger partial charge in [0.05, 0.1) is 12.7 Å². The Kier molecular flexibility index (Phi) is 3.91. The predicted octanol–water partition coefficient (Wildman–Crippen LogP) is 2.48. The van der Waals surface area contributed by atoms with E-state index in [4.69, 9.17) is 9.47 Å². The van der Waals surface area contributed by atoms with Crippen LogP contribution in [0.1, 0.15) is 15.9 Å². The fourth-order valence-corrected chi connectivity index (χ4v) is 1.52. The van der Waals surface area contributed by atoms with Crippen LogP contribution in [0.4, 0.5) is 0 Å². The molecule has 0 aliphatic heterocycles. The van der Waals surface area contributed by atoms with Gasteiger partial charge < -0.3 is 9.47 Å². The lowest BCUT2D eigenvalue weighted by atomic mass is 10.2. The van der Waals surface area contributed by atoms with E-state index < -0.39 is 0 Å². The van der Waals surface area contributed by atoms with E-state index in [2.05, 4.69) is 4.98 Å². The summed E-state index contributed by atoms with van der Waals surface area (Å²) in [5.74, 6) is 1.17. The Hall–Kier alpha value is -2.36. The molecule has 1 aromatic carbocycles. The van der Waals surface area contributed by atoms with Crippen molar-refractivity contribution in [1.29, 1.82) is 0 Å². The average molecular weight is 243 g/mol. The third kappa shape index (κ3) is 2.85. The third-order valence-corrected chi connectivity index (χ3v) is 2.49. The summed E-state index contributed by atoms with van der Waals surface area (Å²) < 4.78 is 10.7. The topological polar surface area (TPSA) is 48.4 Å². The van der Waals surface area contributed by atoms with Crippen molar-refractivity contribution in [2.75, 3.05) is 7.11 Å². The minimum Gasteiger partial charge on any atom is -0.496 e. The summed E-state index contributed by atoms with van der Waals surface area (Å²) in [7, 11) is 1.52. The van der Waals surface area contributed by atoms with E-state index in [1.807, 2.05) is 12.1 Å². The van der Waals surface area contributed by atoms with E-state index in [9.17, 15) is 4.79 Å². The van der Waals surface area contributed by atoms with E-state index in [0.717, 1.165) is 11.8 Å². The van der Waals surface area contributed by atoms with Gasteiger partial charge >= 0.3 is 0 Å². The van der Waals surface area contributed by atoms with E-state index in [1.54, 1.807) is 30.6 Å². The van der Waals surface area contributed by atoms with Crippen molar-refractivity contribution < 1.29 is 14.3 Å². The van der Waals surface area contributed by atoms with Gasteiger partial charge in [-0.25, -0.2) is 0 Å². The number of carbonyl (C=O) groups excluding carboxylic acids is 1. The zero-order valence-electron chi connectivity index (χ0n) is 10.00. The minimum atomic E-state index is 0.451. The number of ether oxygens (including phenoxy) is 2. The molecule has 0 fully saturated rings. The molecule has 1 heterocycles. The maximum absolute atomic E-state index is 10.7. The van der Waals surface area contributed by atoms with Gasteiger partial charge in [0.15, 0.2) is 6.29 Å². The molecule has 1 aromatic heterocycles. The number of hydrogen-bond donors (Lipinski definition) is 0. The quantitative estimate of drug-likeness (QED) is 0.757. The van der Waals surface area contributed by atoms with Crippen molar-refractivity contribution in [2.45, 2.75) is 6.61 Å². The van der Waals surface area contributed by atoms with Crippen LogP contribution in [0.3, 0.4) is 0 Å². The molecule has 0 aliphatic carbocycles. The first kappa shape index (κ1) is 12.1. The third-order valence-electron chi connectivity index (χ3n) is 2.49. The molecule has 0 bridgehead atoms. The van der Waals surface area contributed by atoms with Gasteiger partial charge in [-0.15, -0.1) is 0 Å². The molecule has 0 radical (unpaired) electrons. The van der Waals surface area contributed by atoms with E-state index in [-0.39, 0.29) is 0 Å². The molecule has 2 rings (SSSR count). The number of nitrogens with zero attached hydrogens (tertiary/aromatic N) is 1. The Bertz CT molecular complexity index is 526. The summed E-state index contributed by atoms with van der Waals surface area (Å²) in [4.78, 5) is 14.7. The molecule has 2 aromatic rings. The zero-order valence-corrected chi connectivity index (χ0v) is 10.00. The molecule has 4 heteroatoms. The number of benzene rings is 1. The number of hydrogen-bond acceptors (Lipinski definition) is 4. The number of pyridine rings is 1. The van der Waals surface area contributed by atoms with E-state index >= 15 is 0 Å². The van der Waals surface area contributed by atoms with Crippen LogP contribution < -0.4 is 9.47 Å². The molecule has 0 unspecified atom stereocenters. The van der Waals surface area contributed by atoms with Crippen molar-refractivity contribution in [3.05, 3.63) is 53.9 Å². The second-order valence-corrected chi connectivity index (χ2v) is 3.67. The van der Waals surface area contributed by atoms with Gasteiger partial charge in [0.2, 0.25) is 0 Å². The van der Waals surface area contributed by atoms with Crippen LogP contribution in [-0.2, 0) is 6.61 Å². The standard InChI is InChI=1S/C14H13NO3/c1-17-14-8-13(3-2-12(14)9-16)18-10-11-4-6-15-7-5-11/h2-9H,10H2,1H3. The number of rotatable bonds is 5. The smallest absolute Gasteiger partial charge is 0.153 e. The molecule has 0 saturated heterocycles. The largest absolute Gasteiger partial charge is 0.496 e. The van der Waals surface area contributed by atoms with Crippen molar-refractivity contribution in [2.24, 2.45) is 0 Å². The Balaban J connectivity index is 2.08. The predicted molar refractivity (Wildman–Crippen MR) is 67.0 cm³/mol. The van der Waals surface area contributed by atoms with Crippen LogP contribution >= 0.6 is 0 Å². The molecule has 0 amide bonds. The van der Waals surface area contributed by atoms with Crippen LogP contribution in [0.5, 0.6) is 11.5 Å². The van der Waals surface area contributed by atoms with Crippen LogP contribution in [0.2, 0.25) is 0 Å². The highest BCUT2D eigenvalue weighted by molar-refractivity contribution is 5.79. The van der Waals surface area contributed by atoms with E-state index in [1.165, 1.54) is 7.11 Å². The summed E-state index contributed by atoms with van der Waals surface area (Å²) in [5, 5.41) is 0. The molecular formula is C14H13NO3. The van der Waals surface area contributed by atoms with Crippen molar-refractivity contribution >= 4 is 6.29 Å². The molecule has 0 aliphatic rings. The Morgan fingerprint density at radius 1 is 1.22 bits per heavy atom. The summed E-state index contributed by atoms with van der Waals surface area (Å²) in [5.41, 5.74) is 1.54. The van der Waals surface area contributed by atoms with Gasteiger partial charge in [0, 0.05) is 18.5 Å². The number of aromatic nitrogens is 1. The monoisotopic (exact) mass is 243 g/mol. The zero-order chi connectivity index (χ0) is 12.8. The molecule has 0 spiro atoms. The maximum Gasteiger partial charge on any atom is 0.153 e. The Morgan fingerprint density at radius 3 is 2.67 bits per heavy atom. The summed E-state index contributed by atoms with van der Waals surface area (Å²) >= 11 is 0. The van der Waals surface area contributed by atoms with Crippen molar-refractivity contribution in [3.8, 4) is 11.5 Å². The first-order chi connectivity index (χ1) is 8.83. The number of methoxy groups -OCH3 is 1. The average Bonchev–Trinajstić information content (AvgIpc) is 2.45. The first-order valence-electron chi connectivity index (χ1n) is 5.48. The molecule has 0 atom stereocenters. The minimum absolute atomic E-state index is 0.451. The van der Waals surface area contributed by atoms with Crippen LogP contribution in [0.15, 0.2) is 42.7 Å². The number of carbonyl (C=O) groups is 1. The molecular weight excluding hydrogens is 230 g/mol. The van der Waals surface area contributed by atoms with Gasteiger partial charge in [-0.3, -0.25) is 9.78 Å². The Labute approximate surface area is 105 Å². The Morgan fingerprint density at radius 2 is 2.00 bits per heavy atom. The molecule has 18 heavy (non-hydrogen) atoms. The second kappa shape index (κ2) is 5.82. The molecule has 4 nitrogen and oxygen atoms in total. The molecule has 0 saturated carbocycles. The van der Waals surface area contributed by atoms with Gasteiger partial charge in [0.1, 0.15) is 18.1 Å². The van der Waals surface area contributed by atoms with Crippen LogP contribution in [0.25, 0.3) is 0 Å². The summed E-state index contributed by atoms with van der Waals surface area (Å²) in [6.07, 6.45) is 4.19. The highest BCUT2D eigenvalue weighted by Crippen LogP contribution is 2.23. The normalized spacial score (nSPS) is 9.83.